The second kappa shape index (κ2) is 12.1. The average molecular weight is 462 g/mol. The fourth-order valence-corrected chi connectivity index (χ4v) is 2.41. The molecule has 0 aliphatic heterocycles. The lowest BCUT2D eigenvalue weighted by Gasteiger charge is -2.02. The highest BCUT2D eigenvalue weighted by Gasteiger charge is 2.20. The fraction of sp³-hybridized carbons (Fsp3) is 0.167. The molecular weight excluding hydrogens is 450 g/mol. The molecule has 15 heteroatoms. The van der Waals surface area contributed by atoms with Gasteiger partial charge < -0.3 is 15.8 Å². The van der Waals surface area contributed by atoms with E-state index in [0.717, 1.165) is 5.69 Å². The average Bonchev–Trinajstić information content (AvgIpc) is 2.52. The summed E-state index contributed by atoms with van der Waals surface area (Å²) in [5.41, 5.74) is 0.841. The van der Waals surface area contributed by atoms with Crippen LogP contribution in [0.25, 0.3) is 0 Å². The summed E-state index contributed by atoms with van der Waals surface area (Å²) in [4.78, 5) is 25.6. The van der Waals surface area contributed by atoms with Crippen molar-refractivity contribution in [2.24, 2.45) is 0 Å². The number of nitrogens with zero attached hydrogens (tertiary/aromatic N) is 4. The molecule has 0 aromatic carbocycles. The first kappa shape index (κ1) is 24.7. The summed E-state index contributed by atoms with van der Waals surface area (Å²) in [7, 11) is 3.33. The van der Waals surface area contributed by atoms with Gasteiger partial charge in [0.1, 0.15) is 21.1 Å². The Balaban J connectivity index is 0.000000428. The summed E-state index contributed by atoms with van der Waals surface area (Å²) < 4.78 is 0. The number of anilines is 2. The normalized spacial score (nSPS) is 9.11. The zero-order valence-corrected chi connectivity index (χ0v) is 16.6. The Labute approximate surface area is 172 Å². The van der Waals surface area contributed by atoms with Gasteiger partial charge in [-0.1, -0.05) is 46.4 Å². The van der Waals surface area contributed by atoms with E-state index in [4.69, 9.17) is 61.7 Å². The molecular formula is C12H12Cl4N6O5. The van der Waals surface area contributed by atoms with E-state index < -0.39 is 10.0 Å². The van der Waals surface area contributed by atoms with E-state index in [0.29, 0.717) is 10.3 Å². The van der Waals surface area contributed by atoms with Crippen LogP contribution in [-0.2, 0) is 0 Å². The number of hydrogen-bond donors (Lipinski definition) is 3. The third kappa shape index (κ3) is 9.80. The van der Waals surface area contributed by atoms with Gasteiger partial charge in [0.25, 0.3) is 5.09 Å². The number of halogens is 4. The van der Waals surface area contributed by atoms with Crippen LogP contribution in [-0.4, -0.2) is 39.3 Å². The maximum Gasteiger partial charge on any atom is 0.329 e. The SMILES string of the molecule is CNc1cc(Cl)nc(Cl)c1.CNc1cc(Cl)nc(Cl)c1[N+](=O)[O-].O=[N+]([O-])O. The summed E-state index contributed by atoms with van der Waals surface area (Å²) in [5.74, 6) is 0. The molecule has 0 aliphatic carbocycles. The maximum absolute atomic E-state index is 10.5. The molecule has 0 fully saturated rings. The van der Waals surface area contributed by atoms with Crippen molar-refractivity contribution in [3.8, 4) is 0 Å². The van der Waals surface area contributed by atoms with Crippen LogP contribution in [0.15, 0.2) is 18.2 Å². The van der Waals surface area contributed by atoms with Gasteiger partial charge >= 0.3 is 5.69 Å². The van der Waals surface area contributed by atoms with Gasteiger partial charge in [-0.3, -0.25) is 10.1 Å². The number of rotatable bonds is 3. The molecule has 0 unspecified atom stereocenters. The molecule has 0 spiro atoms. The monoisotopic (exact) mass is 460 g/mol. The molecule has 0 atom stereocenters. The molecule has 2 aromatic rings. The van der Waals surface area contributed by atoms with Crippen molar-refractivity contribution in [1.82, 2.24) is 9.97 Å². The molecule has 3 N–H and O–H groups in total. The fourth-order valence-electron chi connectivity index (χ4n) is 1.45. The predicted octanol–water partition coefficient (Wildman–Crippen LogP) is 4.42. The van der Waals surface area contributed by atoms with Crippen LogP contribution in [0.1, 0.15) is 0 Å². The number of hydrogen-bond acceptors (Lipinski definition) is 8. The molecule has 0 bridgehead atoms. The number of pyridine rings is 2. The van der Waals surface area contributed by atoms with Gasteiger partial charge in [-0.05, 0) is 12.1 Å². The van der Waals surface area contributed by atoms with Crippen LogP contribution in [0, 0.1) is 20.2 Å². The van der Waals surface area contributed by atoms with Gasteiger partial charge in [0.15, 0.2) is 0 Å². The maximum atomic E-state index is 10.5. The summed E-state index contributed by atoms with van der Waals surface area (Å²) in [5, 5.41) is 30.3. The van der Waals surface area contributed by atoms with Crippen molar-refractivity contribution < 1.29 is 15.2 Å². The van der Waals surface area contributed by atoms with Crippen molar-refractivity contribution in [2.75, 3.05) is 24.7 Å². The summed E-state index contributed by atoms with van der Waals surface area (Å²) in [6, 6.07) is 4.74. The van der Waals surface area contributed by atoms with Crippen LogP contribution in [0.4, 0.5) is 17.1 Å². The second-order valence-corrected chi connectivity index (χ2v) is 5.65. The molecule has 0 radical (unpaired) electrons. The van der Waals surface area contributed by atoms with Crippen molar-refractivity contribution >= 4 is 63.5 Å². The summed E-state index contributed by atoms with van der Waals surface area (Å²) in [6.07, 6.45) is 0. The van der Waals surface area contributed by atoms with E-state index in [1.54, 1.807) is 19.2 Å². The highest BCUT2D eigenvalue weighted by molar-refractivity contribution is 6.34. The van der Waals surface area contributed by atoms with Gasteiger partial charge in [0.2, 0.25) is 5.15 Å². The molecule has 0 amide bonds. The van der Waals surface area contributed by atoms with Crippen LogP contribution in [0.3, 0.4) is 0 Å². The minimum Gasteiger partial charge on any atom is -0.388 e. The highest BCUT2D eigenvalue weighted by atomic mass is 35.5. The van der Waals surface area contributed by atoms with Gasteiger partial charge in [-0.25, -0.2) is 9.97 Å². The smallest absolute Gasteiger partial charge is 0.329 e. The van der Waals surface area contributed by atoms with Crippen LogP contribution >= 0.6 is 46.4 Å². The molecule has 2 heterocycles. The van der Waals surface area contributed by atoms with Crippen molar-refractivity contribution in [1.29, 1.82) is 0 Å². The third-order valence-electron chi connectivity index (χ3n) is 2.42. The van der Waals surface area contributed by atoms with Gasteiger partial charge in [-0.2, -0.15) is 0 Å². The molecule has 11 nitrogen and oxygen atoms in total. The van der Waals surface area contributed by atoms with Crippen LogP contribution < -0.4 is 10.6 Å². The predicted molar refractivity (Wildman–Crippen MR) is 103 cm³/mol. The van der Waals surface area contributed by atoms with Gasteiger partial charge in [0, 0.05) is 25.8 Å². The molecule has 0 saturated heterocycles. The Bertz CT molecular complexity index is 786. The molecule has 2 aromatic heterocycles. The lowest BCUT2D eigenvalue weighted by atomic mass is 10.3. The van der Waals surface area contributed by atoms with E-state index in [1.165, 1.54) is 13.1 Å². The van der Waals surface area contributed by atoms with Crippen LogP contribution in [0.2, 0.25) is 20.6 Å². The summed E-state index contributed by atoms with van der Waals surface area (Å²) >= 11 is 22.3. The van der Waals surface area contributed by atoms with Gasteiger partial charge in [0.05, 0.1) is 4.92 Å². The zero-order valence-electron chi connectivity index (χ0n) is 13.6. The van der Waals surface area contributed by atoms with Crippen molar-refractivity contribution in [2.45, 2.75) is 0 Å². The van der Waals surface area contributed by atoms with Gasteiger partial charge in [-0.15, -0.1) is 10.1 Å². The Hall–Kier alpha value is -2.34. The van der Waals surface area contributed by atoms with E-state index in [1.807, 2.05) is 0 Å². The minimum absolute atomic E-state index is 0.111. The minimum atomic E-state index is -1.50. The first-order chi connectivity index (χ1) is 12.5. The van der Waals surface area contributed by atoms with E-state index in [9.17, 15) is 10.1 Å². The molecule has 2 rings (SSSR count). The first-order valence-corrected chi connectivity index (χ1v) is 8.05. The van der Waals surface area contributed by atoms with Crippen molar-refractivity contribution in [3.63, 3.8) is 0 Å². The second-order valence-electron chi connectivity index (χ2n) is 4.13. The van der Waals surface area contributed by atoms with E-state index in [-0.39, 0.29) is 21.7 Å². The van der Waals surface area contributed by atoms with E-state index in [2.05, 4.69) is 20.6 Å². The lowest BCUT2D eigenvalue weighted by Crippen LogP contribution is -1.98. The van der Waals surface area contributed by atoms with Crippen molar-refractivity contribution in [3.05, 3.63) is 59.0 Å². The molecule has 0 aliphatic rings. The lowest BCUT2D eigenvalue weighted by molar-refractivity contribution is -0.742. The third-order valence-corrected chi connectivity index (χ3v) is 3.27. The molecule has 0 saturated carbocycles. The topological polar surface area (TPSA) is 156 Å². The Kier molecular flexibility index (Phi) is 11.1. The standard InChI is InChI=1S/C6H5Cl2N3O2.C6H6Cl2N2.HNO3/c1-9-3-2-4(7)10-6(8)5(3)11(12)13;1-9-4-2-5(7)10-6(8)3-4;2-1(3)4/h2H,1H3,(H,9,10);2-3H,1H3,(H,9,10);(H,2,3,4). The Morgan fingerprint density at radius 2 is 1.37 bits per heavy atom. The quantitative estimate of drug-likeness (QED) is 0.341. The molecule has 148 valence electrons. The van der Waals surface area contributed by atoms with Crippen LogP contribution in [0.5, 0.6) is 0 Å². The Morgan fingerprint density at radius 3 is 1.74 bits per heavy atom. The van der Waals surface area contributed by atoms with E-state index >= 15 is 0 Å². The zero-order chi connectivity index (χ0) is 21.1. The Morgan fingerprint density at radius 1 is 0.926 bits per heavy atom. The highest BCUT2D eigenvalue weighted by Crippen LogP contribution is 2.32. The largest absolute Gasteiger partial charge is 0.388 e. The number of nitrogens with one attached hydrogen (secondary N) is 2. The summed E-state index contributed by atoms with van der Waals surface area (Å²) in [6.45, 7) is 0. The number of nitro groups is 1. The molecule has 27 heavy (non-hydrogen) atoms. The number of aromatic nitrogens is 2. The first-order valence-electron chi connectivity index (χ1n) is 6.54.